The Morgan fingerprint density at radius 1 is 1.00 bits per heavy atom. The Labute approximate surface area is 107 Å². The number of rotatable bonds is 7. The first-order valence-electron chi connectivity index (χ1n) is 6.49. The molecule has 1 N–H and O–H groups in total. The van der Waals surface area contributed by atoms with Crippen molar-refractivity contribution in [1.82, 2.24) is 4.98 Å². The summed E-state index contributed by atoms with van der Waals surface area (Å²) in [5, 5.41) is 9.79. The molecule has 0 bridgehead atoms. The van der Waals surface area contributed by atoms with Crippen LogP contribution in [0.15, 0.2) is 36.5 Å². The maximum absolute atomic E-state index is 8.68. The number of hydrogen-bond acceptors (Lipinski definition) is 3. The van der Waals surface area contributed by atoms with Crippen LogP contribution in [0.4, 0.5) is 0 Å². The lowest BCUT2D eigenvalue weighted by atomic mass is 10.2. The minimum atomic E-state index is 0.286. The predicted octanol–water partition coefficient (Wildman–Crippen LogP) is 3.17. The van der Waals surface area contributed by atoms with Gasteiger partial charge >= 0.3 is 0 Å². The smallest absolute Gasteiger partial charge is 0.145 e. The van der Waals surface area contributed by atoms with Crippen LogP contribution in [0, 0.1) is 0 Å². The summed E-state index contributed by atoms with van der Waals surface area (Å²) in [6.45, 7) is 0.995. The highest BCUT2D eigenvalue weighted by Gasteiger charge is 2.01. The molecule has 3 nitrogen and oxygen atoms in total. The van der Waals surface area contributed by atoms with Gasteiger partial charge in [-0.3, -0.25) is 4.98 Å². The van der Waals surface area contributed by atoms with Gasteiger partial charge in [-0.25, -0.2) is 0 Å². The molecule has 0 aliphatic rings. The van der Waals surface area contributed by atoms with Crippen LogP contribution in [0.2, 0.25) is 0 Å². The number of aliphatic hydroxyl groups is 1. The number of fused-ring (bicyclic) bond motifs is 1. The highest BCUT2D eigenvalue weighted by molar-refractivity contribution is 5.84. The summed E-state index contributed by atoms with van der Waals surface area (Å²) in [6, 6.07) is 9.96. The first-order valence-corrected chi connectivity index (χ1v) is 6.49. The number of hydrogen-bond donors (Lipinski definition) is 1. The molecule has 0 amide bonds. The number of benzene rings is 1. The Balaban J connectivity index is 1.88. The lowest BCUT2D eigenvalue weighted by Crippen LogP contribution is -1.98. The molecule has 3 heteroatoms. The molecule has 0 saturated carbocycles. The van der Waals surface area contributed by atoms with Gasteiger partial charge < -0.3 is 9.84 Å². The third-order valence-corrected chi connectivity index (χ3v) is 2.91. The van der Waals surface area contributed by atoms with Crippen LogP contribution in [0.25, 0.3) is 10.9 Å². The van der Waals surface area contributed by atoms with Crippen molar-refractivity contribution in [2.45, 2.75) is 25.7 Å². The van der Waals surface area contributed by atoms with Gasteiger partial charge in [-0.2, -0.15) is 0 Å². The Hall–Kier alpha value is -1.61. The SMILES string of the molecule is OCCCCCCOc1cccc2cccnc12. The summed E-state index contributed by atoms with van der Waals surface area (Å²) in [5.41, 5.74) is 0.926. The maximum Gasteiger partial charge on any atom is 0.145 e. The van der Waals surface area contributed by atoms with Gasteiger partial charge in [0.2, 0.25) is 0 Å². The number of aliphatic hydroxyl groups excluding tert-OH is 1. The molecule has 0 aliphatic carbocycles. The molecule has 0 saturated heterocycles. The monoisotopic (exact) mass is 245 g/mol. The fourth-order valence-electron chi connectivity index (χ4n) is 1.94. The molecule has 1 heterocycles. The first kappa shape index (κ1) is 12.8. The van der Waals surface area contributed by atoms with Crippen LogP contribution in [0.5, 0.6) is 5.75 Å². The van der Waals surface area contributed by atoms with Crippen molar-refractivity contribution in [1.29, 1.82) is 0 Å². The minimum absolute atomic E-state index is 0.286. The van der Waals surface area contributed by atoms with Crippen LogP contribution < -0.4 is 4.74 Å². The molecule has 96 valence electrons. The summed E-state index contributed by atoms with van der Waals surface area (Å²) >= 11 is 0. The van der Waals surface area contributed by atoms with Gasteiger partial charge in [0.15, 0.2) is 0 Å². The van der Waals surface area contributed by atoms with Gasteiger partial charge in [0.05, 0.1) is 6.61 Å². The van der Waals surface area contributed by atoms with Crippen LogP contribution in [-0.4, -0.2) is 23.3 Å². The molecular weight excluding hydrogens is 226 g/mol. The van der Waals surface area contributed by atoms with E-state index < -0.39 is 0 Å². The first-order chi connectivity index (χ1) is 8.92. The number of para-hydroxylation sites is 1. The third kappa shape index (κ3) is 3.44. The highest BCUT2D eigenvalue weighted by Crippen LogP contribution is 2.23. The number of aromatic nitrogens is 1. The molecule has 0 radical (unpaired) electrons. The zero-order valence-corrected chi connectivity index (χ0v) is 10.5. The van der Waals surface area contributed by atoms with Gasteiger partial charge in [-0.1, -0.05) is 24.6 Å². The van der Waals surface area contributed by atoms with Gasteiger partial charge in [-0.05, 0) is 31.4 Å². The summed E-state index contributed by atoms with van der Waals surface area (Å²) < 4.78 is 5.77. The summed E-state index contributed by atoms with van der Waals surface area (Å²) in [5.74, 6) is 0.857. The Morgan fingerprint density at radius 2 is 1.83 bits per heavy atom. The van der Waals surface area contributed by atoms with Crippen molar-refractivity contribution in [3.8, 4) is 5.75 Å². The Kier molecular flexibility index (Phi) is 4.97. The molecule has 18 heavy (non-hydrogen) atoms. The van der Waals surface area contributed by atoms with Crippen molar-refractivity contribution in [3.05, 3.63) is 36.5 Å². The Bertz CT molecular complexity index is 479. The van der Waals surface area contributed by atoms with E-state index in [1.54, 1.807) is 6.20 Å². The quantitative estimate of drug-likeness (QED) is 0.762. The van der Waals surface area contributed by atoms with Gasteiger partial charge in [-0.15, -0.1) is 0 Å². The molecule has 0 spiro atoms. The van der Waals surface area contributed by atoms with E-state index in [4.69, 9.17) is 9.84 Å². The van der Waals surface area contributed by atoms with E-state index >= 15 is 0 Å². The van der Waals surface area contributed by atoms with Crippen molar-refractivity contribution in [3.63, 3.8) is 0 Å². The van der Waals surface area contributed by atoms with Crippen molar-refractivity contribution < 1.29 is 9.84 Å². The minimum Gasteiger partial charge on any atom is -0.491 e. The van der Waals surface area contributed by atoms with Crippen molar-refractivity contribution >= 4 is 10.9 Å². The van der Waals surface area contributed by atoms with E-state index in [9.17, 15) is 0 Å². The summed E-state index contributed by atoms with van der Waals surface area (Å²) in [7, 11) is 0. The van der Waals surface area contributed by atoms with Gasteiger partial charge in [0.1, 0.15) is 11.3 Å². The van der Waals surface area contributed by atoms with Crippen LogP contribution in [-0.2, 0) is 0 Å². The average Bonchev–Trinajstić information content (AvgIpc) is 2.43. The lowest BCUT2D eigenvalue weighted by Gasteiger charge is -2.08. The number of ether oxygens (including phenoxy) is 1. The van der Waals surface area contributed by atoms with E-state index in [0.29, 0.717) is 6.61 Å². The second-order valence-corrected chi connectivity index (χ2v) is 4.32. The van der Waals surface area contributed by atoms with Gasteiger partial charge in [0, 0.05) is 18.2 Å². The van der Waals surface area contributed by atoms with Crippen LogP contribution >= 0.6 is 0 Å². The molecule has 1 aromatic heterocycles. The topological polar surface area (TPSA) is 42.4 Å². The number of nitrogens with zero attached hydrogens (tertiary/aromatic N) is 1. The second kappa shape index (κ2) is 6.97. The predicted molar refractivity (Wildman–Crippen MR) is 72.8 cm³/mol. The third-order valence-electron chi connectivity index (χ3n) is 2.91. The van der Waals surface area contributed by atoms with E-state index in [2.05, 4.69) is 4.98 Å². The number of unbranched alkanes of at least 4 members (excludes halogenated alkanes) is 3. The van der Waals surface area contributed by atoms with E-state index in [1.165, 1.54) is 0 Å². The van der Waals surface area contributed by atoms with E-state index in [-0.39, 0.29) is 6.61 Å². The molecular formula is C15H19NO2. The van der Waals surface area contributed by atoms with E-state index in [1.807, 2.05) is 30.3 Å². The summed E-state index contributed by atoms with van der Waals surface area (Å²) in [6.07, 6.45) is 5.85. The van der Waals surface area contributed by atoms with Crippen LogP contribution in [0.1, 0.15) is 25.7 Å². The fourth-order valence-corrected chi connectivity index (χ4v) is 1.94. The molecule has 0 fully saturated rings. The molecule has 0 unspecified atom stereocenters. The molecule has 2 aromatic rings. The largest absolute Gasteiger partial charge is 0.491 e. The fraction of sp³-hybridized carbons (Fsp3) is 0.400. The van der Waals surface area contributed by atoms with Crippen molar-refractivity contribution in [2.24, 2.45) is 0 Å². The molecule has 2 rings (SSSR count). The number of pyridine rings is 1. The zero-order valence-electron chi connectivity index (χ0n) is 10.5. The second-order valence-electron chi connectivity index (χ2n) is 4.32. The standard InChI is InChI=1S/C15H19NO2/c17-11-3-1-2-4-12-18-14-9-5-7-13-8-6-10-16-15(13)14/h5-10,17H,1-4,11-12H2. The molecule has 0 aliphatic heterocycles. The van der Waals surface area contributed by atoms with Crippen molar-refractivity contribution in [2.75, 3.05) is 13.2 Å². The van der Waals surface area contributed by atoms with Gasteiger partial charge in [0.25, 0.3) is 0 Å². The molecule has 1 aromatic carbocycles. The Morgan fingerprint density at radius 3 is 2.72 bits per heavy atom. The highest BCUT2D eigenvalue weighted by atomic mass is 16.5. The zero-order chi connectivity index (χ0) is 12.6. The normalized spacial score (nSPS) is 10.7. The maximum atomic E-state index is 8.68. The van der Waals surface area contributed by atoms with E-state index in [0.717, 1.165) is 42.3 Å². The molecule has 0 atom stereocenters. The average molecular weight is 245 g/mol. The summed E-state index contributed by atoms with van der Waals surface area (Å²) in [4.78, 5) is 4.35. The van der Waals surface area contributed by atoms with Crippen LogP contribution in [0.3, 0.4) is 0 Å². The lowest BCUT2D eigenvalue weighted by molar-refractivity contribution is 0.274.